The number of carbonyl (C=O) groups is 3. The van der Waals surface area contributed by atoms with Gasteiger partial charge in [0.2, 0.25) is 0 Å². The van der Waals surface area contributed by atoms with E-state index < -0.39 is 23.8 Å². The molecule has 1 N–H and O–H groups in total. The molecule has 0 saturated carbocycles. The van der Waals surface area contributed by atoms with Gasteiger partial charge in [-0.1, -0.05) is 44.2 Å². The molecule has 0 saturated heterocycles. The number of hydrogen-bond acceptors (Lipinski definition) is 8. The van der Waals surface area contributed by atoms with Crippen molar-refractivity contribution in [2.24, 2.45) is 11.8 Å². The van der Waals surface area contributed by atoms with Crippen molar-refractivity contribution in [3.8, 4) is 11.5 Å². The zero-order valence-corrected chi connectivity index (χ0v) is 22.9. The number of ketones is 1. The number of ether oxygens (including phenoxy) is 3. The zero-order valence-electron chi connectivity index (χ0n) is 22.1. The lowest BCUT2D eigenvalue weighted by Crippen LogP contribution is -2.43. The predicted octanol–water partition coefficient (Wildman–Crippen LogP) is 5.39. The summed E-state index contributed by atoms with van der Waals surface area (Å²) in [6.07, 6.45) is 0.477. The van der Waals surface area contributed by atoms with E-state index in [2.05, 4.69) is 5.32 Å². The molecule has 2 aromatic rings. The van der Waals surface area contributed by atoms with Crippen LogP contribution in [0.4, 0.5) is 0 Å². The molecule has 4 rings (SSSR count). The average molecular weight is 536 g/mol. The van der Waals surface area contributed by atoms with Gasteiger partial charge in [-0.05, 0) is 54.8 Å². The molecule has 0 bridgehead atoms. The highest BCUT2D eigenvalue weighted by molar-refractivity contribution is 7.99. The van der Waals surface area contributed by atoms with E-state index in [1.807, 2.05) is 75.4 Å². The fourth-order valence-corrected chi connectivity index (χ4v) is 5.57. The van der Waals surface area contributed by atoms with E-state index in [0.29, 0.717) is 46.1 Å². The Kier molecular flexibility index (Phi) is 8.94. The molecule has 38 heavy (non-hydrogen) atoms. The first-order valence-electron chi connectivity index (χ1n) is 12.8. The summed E-state index contributed by atoms with van der Waals surface area (Å²) < 4.78 is 16.7. The number of nitrogens with one attached hydrogen (secondary N) is 1. The lowest BCUT2D eigenvalue weighted by Gasteiger charge is -2.38. The Bertz CT molecular complexity index is 1270. The standard InChI is InChI=1S/C30H33NO6S/c1-5-38-15-14-36-30(34)25-19(3)31-23-16-18(2)24(29(33)35-4)28(32)27(23)26(25)20-10-9-13-22(17-20)37-21-11-7-6-8-12-21/h6-13,17-18,24,26,31H,5,14-16H2,1-4H3/t18-,24-,26+/m0/s1. The zero-order chi connectivity index (χ0) is 27.2. The summed E-state index contributed by atoms with van der Waals surface area (Å²) in [6.45, 7) is 5.99. The molecule has 200 valence electrons. The topological polar surface area (TPSA) is 90.9 Å². The van der Waals surface area contributed by atoms with Crippen molar-refractivity contribution in [1.29, 1.82) is 0 Å². The lowest BCUT2D eigenvalue weighted by atomic mass is 9.69. The maximum absolute atomic E-state index is 13.9. The van der Waals surface area contributed by atoms with E-state index in [4.69, 9.17) is 14.2 Å². The monoisotopic (exact) mass is 535 g/mol. The van der Waals surface area contributed by atoms with Crippen LogP contribution in [0, 0.1) is 11.8 Å². The van der Waals surface area contributed by atoms with Crippen molar-refractivity contribution in [1.82, 2.24) is 5.32 Å². The number of hydrogen-bond donors (Lipinski definition) is 1. The van der Waals surface area contributed by atoms with Gasteiger partial charge < -0.3 is 19.5 Å². The summed E-state index contributed by atoms with van der Waals surface area (Å²) in [6, 6.07) is 16.7. The molecule has 0 fully saturated rings. The summed E-state index contributed by atoms with van der Waals surface area (Å²) in [5.74, 6) is -0.452. The third-order valence-electron chi connectivity index (χ3n) is 6.80. The predicted molar refractivity (Wildman–Crippen MR) is 147 cm³/mol. The van der Waals surface area contributed by atoms with E-state index >= 15 is 0 Å². The summed E-state index contributed by atoms with van der Waals surface area (Å²) in [7, 11) is 1.29. The van der Waals surface area contributed by atoms with Crippen LogP contribution >= 0.6 is 11.8 Å². The van der Waals surface area contributed by atoms with Crippen LogP contribution in [-0.4, -0.2) is 42.9 Å². The first kappa shape index (κ1) is 27.5. The fraction of sp³-hybridized carbons (Fsp3) is 0.367. The molecule has 0 amide bonds. The average Bonchev–Trinajstić information content (AvgIpc) is 2.90. The molecular weight excluding hydrogens is 502 g/mol. The second-order valence-electron chi connectivity index (χ2n) is 9.36. The van der Waals surface area contributed by atoms with Gasteiger partial charge in [-0.3, -0.25) is 9.59 Å². The van der Waals surface area contributed by atoms with Crippen molar-refractivity contribution in [2.75, 3.05) is 25.2 Å². The first-order valence-corrected chi connectivity index (χ1v) is 13.9. The highest BCUT2D eigenvalue weighted by atomic mass is 32.2. The van der Waals surface area contributed by atoms with E-state index in [-0.39, 0.29) is 18.3 Å². The van der Waals surface area contributed by atoms with Gasteiger partial charge in [-0.2, -0.15) is 11.8 Å². The Morgan fingerprint density at radius 1 is 1.08 bits per heavy atom. The number of para-hydroxylation sites is 1. The minimum absolute atomic E-state index is 0.248. The van der Waals surface area contributed by atoms with Gasteiger partial charge in [0.05, 0.1) is 12.7 Å². The molecule has 1 heterocycles. The van der Waals surface area contributed by atoms with Gasteiger partial charge in [-0.25, -0.2) is 4.79 Å². The molecule has 0 radical (unpaired) electrons. The Hall–Kier alpha value is -3.52. The quantitative estimate of drug-likeness (QED) is 0.260. The Morgan fingerprint density at radius 2 is 1.82 bits per heavy atom. The van der Waals surface area contributed by atoms with Crippen molar-refractivity contribution in [3.63, 3.8) is 0 Å². The van der Waals surface area contributed by atoms with Crippen LogP contribution in [0.5, 0.6) is 11.5 Å². The Morgan fingerprint density at radius 3 is 2.53 bits per heavy atom. The molecule has 2 aromatic carbocycles. The van der Waals surface area contributed by atoms with Crippen LogP contribution < -0.4 is 10.1 Å². The Labute approximate surface area is 227 Å². The van der Waals surface area contributed by atoms with Gasteiger partial charge in [0.15, 0.2) is 5.78 Å². The third kappa shape index (κ3) is 5.80. The molecule has 2 aliphatic rings. The molecule has 1 aliphatic heterocycles. The van der Waals surface area contributed by atoms with Crippen LogP contribution in [0.1, 0.15) is 38.7 Å². The molecule has 0 aromatic heterocycles. The fourth-order valence-electron chi connectivity index (χ4n) is 5.08. The van der Waals surface area contributed by atoms with Crippen molar-refractivity contribution < 1.29 is 28.6 Å². The maximum atomic E-state index is 13.9. The Balaban J connectivity index is 1.77. The summed E-state index contributed by atoms with van der Waals surface area (Å²) >= 11 is 1.68. The largest absolute Gasteiger partial charge is 0.468 e. The van der Waals surface area contributed by atoms with E-state index in [9.17, 15) is 14.4 Å². The van der Waals surface area contributed by atoms with Crippen LogP contribution in [0.25, 0.3) is 0 Å². The van der Waals surface area contributed by atoms with Gasteiger partial charge in [0.1, 0.15) is 24.0 Å². The van der Waals surface area contributed by atoms with E-state index in [1.165, 1.54) is 7.11 Å². The van der Waals surface area contributed by atoms with Crippen molar-refractivity contribution in [3.05, 3.63) is 82.7 Å². The van der Waals surface area contributed by atoms with Crippen LogP contribution in [0.3, 0.4) is 0 Å². The maximum Gasteiger partial charge on any atom is 0.336 e. The van der Waals surface area contributed by atoms with Crippen molar-refractivity contribution in [2.45, 2.75) is 33.1 Å². The molecule has 0 spiro atoms. The van der Waals surface area contributed by atoms with Crippen LogP contribution in [0.2, 0.25) is 0 Å². The number of allylic oxidation sites excluding steroid dienone is 3. The van der Waals surface area contributed by atoms with Crippen molar-refractivity contribution >= 4 is 29.5 Å². The summed E-state index contributed by atoms with van der Waals surface area (Å²) in [4.78, 5) is 40.0. The van der Waals surface area contributed by atoms with Crippen LogP contribution in [-0.2, 0) is 23.9 Å². The van der Waals surface area contributed by atoms with Gasteiger partial charge in [-0.15, -0.1) is 0 Å². The second-order valence-corrected chi connectivity index (χ2v) is 10.7. The molecular formula is C30H33NO6S. The number of rotatable bonds is 9. The smallest absolute Gasteiger partial charge is 0.336 e. The molecule has 8 heteroatoms. The van der Waals surface area contributed by atoms with Gasteiger partial charge in [0, 0.05) is 28.6 Å². The number of benzene rings is 2. The van der Waals surface area contributed by atoms with E-state index in [1.54, 1.807) is 11.8 Å². The summed E-state index contributed by atoms with van der Waals surface area (Å²) in [5, 5.41) is 3.29. The SMILES string of the molecule is CCSCCOC(=O)C1=C(C)NC2=C(C(=O)[C@@H](C(=O)OC)[C@@H](C)C2)[C@@H]1c1cccc(Oc2ccccc2)c1. The number of thioether (sulfide) groups is 1. The number of carbonyl (C=O) groups excluding carboxylic acids is 3. The third-order valence-corrected chi connectivity index (χ3v) is 7.66. The van der Waals surface area contributed by atoms with E-state index in [0.717, 1.165) is 11.4 Å². The lowest BCUT2D eigenvalue weighted by molar-refractivity contribution is -0.151. The minimum atomic E-state index is -0.941. The molecule has 0 unspecified atom stereocenters. The number of methoxy groups -OCH3 is 1. The summed E-state index contributed by atoms with van der Waals surface area (Å²) in [5.41, 5.74) is 2.81. The molecule has 1 aliphatic carbocycles. The second kappa shape index (κ2) is 12.3. The molecule has 3 atom stereocenters. The normalized spacial score (nSPS) is 20.9. The van der Waals surface area contributed by atoms with Gasteiger partial charge >= 0.3 is 11.9 Å². The molecule has 7 nitrogen and oxygen atoms in total. The number of dihydropyridines is 1. The van der Waals surface area contributed by atoms with Gasteiger partial charge in [0.25, 0.3) is 0 Å². The minimum Gasteiger partial charge on any atom is -0.468 e. The van der Waals surface area contributed by atoms with Crippen LogP contribution in [0.15, 0.2) is 77.1 Å². The number of esters is 2. The highest BCUT2D eigenvalue weighted by Crippen LogP contribution is 2.46. The first-order chi connectivity index (χ1) is 18.3. The highest BCUT2D eigenvalue weighted by Gasteiger charge is 2.47. The number of Topliss-reactive ketones (excluding diaryl/α,β-unsaturated/α-hetero) is 1.